The Bertz CT molecular complexity index is 1430. The Morgan fingerprint density at radius 3 is 2.52 bits per heavy atom. The number of aryl methyl sites for hydroxylation is 2. The average molecular weight is 428 g/mol. The largest absolute Gasteiger partial charge is 0.497 e. The molecule has 0 unspecified atom stereocenters. The van der Waals surface area contributed by atoms with E-state index in [1.54, 1.807) is 18.4 Å². The van der Waals surface area contributed by atoms with E-state index < -0.39 is 0 Å². The fourth-order valence-electron chi connectivity index (χ4n) is 3.44. The summed E-state index contributed by atoms with van der Waals surface area (Å²) in [6.45, 7) is 4.18. The van der Waals surface area contributed by atoms with Gasteiger partial charge in [0, 0.05) is 17.0 Å². The fourth-order valence-corrected chi connectivity index (χ4v) is 4.25. The van der Waals surface area contributed by atoms with E-state index in [1.165, 1.54) is 11.1 Å². The summed E-state index contributed by atoms with van der Waals surface area (Å²) in [5, 5.41) is 7.21. The number of ether oxygens (including phenoxy) is 1. The lowest BCUT2D eigenvalue weighted by Crippen LogP contribution is -2.08. The molecule has 5 rings (SSSR count). The molecule has 0 aliphatic carbocycles. The van der Waals surface area contributed by atoms with Crippen LogP contribution in [0.1, 0.15) is 11.1 Å². The Hall–Kier alpha value is -3.64. The maximum Gasteiger partial charge on any atom is 0.204 e. The number of fused-ring (bicyclic) bond motifs is 2. The Morgan fingerprint density at radius 1 is 0.968 bits per heavy atom. The summed E-state index contributed by atoms with van der Waals surface area (Å²) < 4.78 is 12.7. The van der Waals surface area contributed by atoms with Gasteiger partial charge in [0.15, 0.2) is 0 Å². The minimum atomic E-state index is 0.739. The lowest BCUT2D eigenvalue weighted by atomic mass is 10.1. The smallest absolute Gasteiger partial charge is 0.204 e. The van der Waals surface area contributed by atoms with E-state index in [1.807, 2.05) is 48.5 Å². The van der Waals surface area contributed by atoms with Gasteiger partial charge in [-0.3, -0.25) is 5.43 Å². The Labute approximate surface area is 183 Å². The van der Waals surface area contributed by atoms with Crippen LogP contribution in [-0.4, -0.2) is 12.1 Å². The minimum Gasteiger partial charge on any atom is -0.497 e. The third kappa shape index (κ3) is 3.78. The number of benzene rings is 3. The second-order valence-corrected chi connectivity index (χ2v) is 8.40. The van der Waals surface area contributed by atoms with Crippen molar-refractivity contribution in [2.24, 2.45) is 5.10 Å². The Kier molecular flexibility index (Phi) is 4.92. The first-order valence-electron chi connectivity index (χ1n) is 9.95. The molecule has 0 fully saturated rings. The van der Waals surface area contributed by atoms with Gasteiger partial charge in [-0.15, -0.1) is 0 Å². The molecule has 5 nitrogen and oxygen atoms in total. The zero-order chi connectivity index (χ0) is 21.4. The molecule has 0 bridgehead atoms. The molecule has 2 aromatic heterocycles. The molecule has 0 spiro atoms. The number of methoxy groups -OCH3 is 1. The molecule has 0 radical (unpaired) electrons. The molecule has 154 valence electrons. The van der Waals surface area contributed by atoms with Gasteiger partial charge in [0.1, 0.15) is 17.1 Å². The zero-order valence-corrected chi connectivity index (χ0v) is 18.3. The predicted molar refractivity (Wildman–Crippen MR) is 126 cm³/mol. The third-order valence-corrected chi connectivity index (χ3v) is 6.24. The molecule has 5 aromatic rings. The van der Waals surface area contributed by atoms with Crippen molar-refractivity contribution in [3.63, 3.8) is 0 Å². The number of para-hydroxylation sites is 1. The number of rotatable bonds is 4. The quantitative estimate of drug-likeness (QED) is 0.344. The second kappa shape index (κ2) is 7.89. The predicted octanol–water partition coefficient (Wildman–Crippen LogP) is 6.26. The molecule has 0 atom stereocenters. The highest BCUT2D eigenvalue weighted by molar-refractivity contribution is 7.22. The number of nitrogens with zero attached hydrogens (tertiary/aromatic N) is 2. The van der Waals surface area contributed by atoms with Gasteiger partial charge in [0.2, 0.25) is 5.13 Å². The molecule has 2 heterocycles. The third-order valence-electron chi connectivity index (χ3n) is 5.30. The normalized spacial score (nSPS) is 11.9. The van der Waals surface area contributed by atoms with Crippen LogP contribution in [0.3, 0.4) is 0 Å². The summed E-state index contributed by atoms with van der Waals surface area (Å²) in [6, 6.07) is 22.0. The number of anilines is 1. The number of aromatic nitrogens is 1. The molecule has 0 saturated heterocycles. The first-order valence-corrected chi connectivity index (χ1v) is 10.8. The molecule has 0 aliphatic heterocycles. The van der Waals surface area contributed by atoms with Gasteiger partial charge in [-0.25, -0.2) is 4.98 Å². The summed E-state index contributed by atoms with van der Waals surface area (Å²) >= 11 is 1.58. The lowest BCUT2D eigenvalue weighted by Gasteiger charge is -2.08. The van der Waals surface area contributed by atoms with Crippen LogP contribution in [0.4, 0.5) is 5.13 Å². The van der Waals surface area contributed by atoms with Crippen molar-refractivity contribution in [3.8, 4) is 17.1 Å². The van der Waals surface area contributed by atoms with Gasteiger partial charge in [-0.1, -0.05) is 23.5 Å². The summed E-state index contributed by atoms with van der Waals surface area (Å²) in [5.74, 6) is 1.54. The first kappa shape index (κ1) is 19.3. The average Bonchev–Trinajstić information content (AvgIpc) is 3.21. The van der Waals surface area contributed by atoms with E-state index in [0.29, 0.717) is 0 Å². The van der Waals surface area contributed by atoms with Gasteiger partial charge in [-0.2, -0.15) is 5.10 Å². The summed E-state index contributed by atoms with van der Waals surface area (Å²) in [6.07, 6.45) is 0. The van der Waals surface area contributed by atoms with Gasteiger partial charge in [0.25, 0.3) is 0 Å². The van der Waals surface area contributed by atoms with Crippen molar-refractivity contribution >= 4 is 37.7 Å². The van der Waals surface area contributed by atoms with Crippen LogP contribution >= 0.6 is 11.3 Å². The van der Waals surface area contributed by atoms with Crippen LogP contribution in [0.15, 0.2) is 76.2 Å². The van der Waals surface area contributed by atoms with Crippen molar-refractivity contribution in [2.45, 2.75) is 13.8 Å². The number of thiazole rings is 1. The van der Waals surface area contributed by atoms with Gasteiger partial charge < -0.3 is 9.15 Å². The van der Waals surface area contributed by atoms with Crippen LogP contribution in [0, 0.1) is 13.8 Å². The van der Waals surface area contributed by atoms with E-state index in [-0.39, 0.29) is 0 Å². The summed E-state index contributed by atoms with van der Waals surface area (Å²) in [4.78, 5) is 4.62. The SMILES string of the molecule is COc1ccc(-c2c/c(=N\Nc3nc4ccccc4s3)c3cc(C)c(C)cc3o2)cc1. The van der Waals surface area contributed by atoms with Gasteiger partial charge >= 0.3 is 0 Å². The molecule has 6 heteroatoms. The molecule has 0 amide bonds. The monoisotopic (exact) mass is 427 g/mol. The van der Waals surface area contributed by atoms with Crippen molar-refractivity contribution in [1.29, 1.82) is 0 Å². The lowest BCUT2D eigenvalue weighted by molar-refractivity contribution is 0.415. The Morgan fingerprint density at radius 2 is 1.74 bits per heavy atom. The molecule has 0 aliphatic rings. The van der Waals surface area contributed by atoms with Crippen LogP contribution in [0.2, 0.25) is 0 Å². The van der Waals surface area contributed by atoms with E-state index in [0.717, 1.165) is 48.7 Å². The van der Waals surface area contributed by atoms with Gasteiger partial charge in [-0.05, 0) is 73.5 Å². The molecular weight excluding hydrogens is 406 g/mol. The fraction of sp³-hybridized carbons (Fsp3) is 0.120. The van der Waals surface area contributed by atoms with Crippen LogP contribution < -0.4 is 15.5 Å². The van der Waals surface area contributed by atoms with E-state index >= 15 is 0 Å². The van der Waals surface area contributed by atoms with E-state index in [4.69, 9.17) is 14.3 Å². The number of nitrogens with one attached hydrogen (secondary N) is 1. The standard InChI is InChI=1S/C25H21N3O2S/c1-15-12-19-21(27-28-25-26-20-6-4-5-7-24(20)31-25)14-22(30-23(19)13-16(15)2)17-8-10-18(29-3)11-9-17/h4-14H,1-3H3,(H,26,28)/b27-21+. The summed E-state index contributed by atoms with van der Waals surface area (Å²) in [7, 11) is 1.66. The highest BCUT2D eigenvalue weighted by Gasteiger charge is 2.09. The van der Waals surface area contributed by atoms with Crippen molar-refractivity contribution in [1.82, 2.24) is 4.98 Å². The van der Waals surface area contributed by atoms with Crippen molar-refractivity contribution in [2.75, 3.05) is 12.5 Å². The molecular formula is C25H21N3O2S. The highest BCUT2D eigenvalue weighted by Crippen LogP contribution is 2.27. The topological polar surface area (TPSA) is 59.6 Å². The van der Waals surface area contributed by atoms with Gasteiger partial charge in [0.05, 0.1) is 22.7 Å². The number of hydrogen-bond acceptors (Lipinski definition) is 6. The van der Waals surface area contributed by atoms with Crippen LogP contribution in [0.5, 0.6) is 5.75 Å². The molecule has 3 aromatic carbocycles. The maximum atomic E-state index is 6.26. The Balaban J connectivity index is 1.64. The minimum absolute atomic E-state index is 0.739. The first-order chi connectivity index (χ1) is 15.1. The number of hydrogen-bond donors (Lipinski definition) is 1. The summed E-state index contributed by atoms with van der Waals surface area (Å²) in [5.41, 5.74) is 8.22. The van der Waals surface area contributed by atoms with Crippen LogP contribution in [0.25, 0.3) is 32.5 Å². The molecule has 0 saturated carbocycles. The van der Waals surface area contributed by atoms with Crippen molar-refractivity contribution in [3.05, 3.63) is 83.2 Å². The highest BCUT2D eigenvalue weighted by atomic mass is 32.1. The molecule has 31 heavy (non-hydrogen) atoms. The second-order valence-electron chi connectivity index (χ2n) is 7.37. The zero-order valence-electron chi connectivity index (χ0n) is 17.5. The van der Waals surface area contributed by atoms with Crippen molar-refractivity contribution < 1.29 is 9.15 Å². The van der Waals surface area contributed by atoms with E-state index in [2.05, 4.69) is 42.5 Å². The molecule has 1 N–H and O–H groups in total. The van der Waals surface area contributed by atoms with Crippen LogP contribution in [-0.2, 0) is 0 Å². The maximum absolute atomic E-state index is 6.26. The van der Waals surface area contributed by atoms with E-state index in [9.17, 15) is 0 Å².